The number of aromatic nitrogens is 3. The van der Waals surface area contributed by atoms with Crippen LogP contribution in [-0.4, -0.2) is 53.0 Å². The lowest BCUT2D eigenvalue weighted by molar-refractivity contribution is 0.159. The van der Waals surface area contributed by atoms with Gasteiger partial charge in [-0.05, 0) is 56.0 Å². The van der Waals surface area contributed by atoms with Gasteiger partial charge in [-0.25, -0.2) is 5.01 Å². The Balaban J connectivity index is 1.12. The van der Waals surface area contributed by atoms with Crippen molar-refractivity contribution < 1.29 is 4.74 Å². The summed E-state index contributed by atoms with van der Waals surface area (Å²) in [6, 6.07) is 16.4. The lowest BCUT2D eigenvalue weighted by atomic mass is 9.99. The van der Waals surface area contributed by atoms with Crippen LogP contribution in [-0.2, 0) is 0 Å². The number of hydrogen-bond acceptors (Lipinski definition) is 7. The molecule has 5 N–H and O–H groups in total. The minimum Gasteiger partial charge on any atom is -0.493 e. The normalized spacial score (nSPS) is 15.2. The van der Waals surface area contributed by atoms with E-state index in [1.807, 2.05) is 36.5 Å². The molecule has 172 valence electrons. The molecular weight excluding hydrogens is 414 g/mol. The van der Waals surface area contributed by atoms with Crippen molar-refractivity contribution in [3.8, 4) is 5.75 Å². The molecule has 8 heteroatoms. The minimum absolute atomic E-state index is 0.545. The van der Waals surface area contributed by atoms with E-state index in [1.54, 1.807) is 0 Å². The average Bonchev–Trinajstić information content (AvgIpc) is 3.26. The van der Waals surface area contributed by atoms with Crippen molar-refractivity contribution in [3.05, 3.63) is 54.7 Å². The van der Waals surface area contributed by atoms with Gasteiger partial charge in [0.2, 0.25) is 0 Å². The van der Waals surface area contributed by atoms with Crippen LogP contribution in [0.2, 0.25) is 0 Å². The number of nitrogens with one attached hydrogen (secondary N) is 3. The van der Waals surface area contributed by atoms with E-state index >= 15 is 0 Å². The molecule has 2 aromatic carbocycles. The largest absolute Gasteiger partial charge is 0.493 e. The van der Waals surface area contributed by atoms with Crippen molar-refractivity contribution >= 4 is 33.3 Å². The average molecular weight is 446 g/mol. The van der Waals surface area contributed by atoms with Crippen LogP contribution in [0.5, 0.6) is 5.75 Å². The highest BCUT2D eigenvalue weighted by atomic mass is 16.5. The number of nitrogens with two attached hydrogens (primary N) is 1. The molecule has 1 aliphatic heterocycles. The van der Waals surface area contributed by atoms with Crippen LogP contribution in [0.15, 0.2) is 54.7 Å². The Kier molecular flexibility index (Phi) is 6.55. The number of ether oxygens (including phenoxy) is 1. The summed E-state index contributed by atoms with van der Waals surface area (Å²) in [5.41, 5.74) is 12.3. The fraction of sp³-hybridized carbons (Fsp3) is 0.360. The summed E-state index contributed by atoms with van der Waals surface area (Å²) >= 11 is 0. The van der Waals surface area contributed by atoms with Gasteiger partial charge in [0.1, 0.15) is 5.75 Å². The third kappa shape index (κ3) is 5.02. The van der Waals surface area contributed by atoms with Crippen LogP contribution in [0.25, 0.3) is 21.8 Å². The first-order valence-corrected chi connectivity index (χ1v) is 11.7. The molecule has 1 fully saturated rings. The topological polar surface area (TPSA) is 104 Å². The summed E-state index contributed by atoms with van der Waals surface area (Å²) in [7, 11) is 0. The second-order valence-electron chi connectivity index (χ2n) is 8.58. The second kappa shape index (κ2) is 10.1. The maximum Gasteiger partial charge on any atom is 0.155 e. The number of H-pyrrole nitrogens is 1. The Morgan fingerprint density at radius 1 is 1.09 bits per heavy atom. The van der Waals surface area contributed by atoms with Gasteiger partial charge in [0.05, 0.1) is 23.3 Å². The number of pyridine rings is 1. The van der Waals surface area contributed by atoms with Crippen LogP contribution >= 0.6 is 0 Å². The van der Waals surface area contributed by atoms with Crippen molar-refractivity contribution in [2.45, 2.75) is 19.3 Å². The molecule has 5 rings (SSSR count). The van der Waals surface area contributed by atoms with E-state index in [9.17, 15) is 0 Å². The molecule has 0 spiro atoms. The van der Waals surface area contributed by atoms with Crippen LogP contribution in [0.1, 0.15) is 19.3 Å². The van der Waals surface area contributed by atoms with Gasteiger partial charge in [-0.1, -0.05) is 18.2 Å². The number of aromatic amines is 1. The van der Waals surface area contributed by atoms with Gasteiger partial charge in [0.15, 0.2) is 5.82 Å². The third-order valence-electron chi connectivity index (χ3n) is 6.24. The Hall–Kier alpha value is -3.36. The minimum atomic E-state index is 0.545. The molecule has 0 bridgehead atoms. The van der Waals surface area contributed by atoms with Gasteiger partial charge in [-0.15, -0.1) is 0 Å². The number of benzene rings is 2. The Bertz CT molecular complexity index is 1190. The van der Waals surface area contributed by atoms with Gasteiger partial charge in [-0.2, -0.15) is 5.10 Å². The zero-order chi connectivity index (χ0) is 22.5. The first-order chi connectivity index (χ1) is 16.3. The van der Waals surface area contributed by atoms with E-state index in [-0.39, 0.29) is 0 Å². The molecule has 0 radical (unpaired) electrons. The number of fused-ring (bicyclic) bond motifs is 2. The summed E-state index contributed by atoms with van der Waals surface area (Å²) in [5.74, 6) is 2.29. The zero-order valence-electron chi connectivity index (χ0n) is 18.8. The van der Waals surface area contributed by atoms with Crippen LogP contribution < -0.4 is 21.2 Å². The quantitative estimate of drug-likeness (QED) is 0.289. The summed E-state index contributed by atoms with van der Waals surface area (Å²) in [5, 5.41) is 15.3. The van der Waals surface area contributed by atoms with Crippen molar-refractivity contribution in [3.63, 3.8) is 0 Å². The van der Waals surface area contributed by atoms with E-state index in [4.69, 9.17) is 10.5 Å². The van der Waals surface area contributed by atoms with E-state index in [0.29, 0.717) is 12.5 Å². The number of nitrogens with zero attached hydrogens (tertiary/aromatic N) is 3. The molecule has 0 saturated carbocycles. The molecule has 8 nitrogen and oxygen atoms in total. The first-order valence-electron chi connectivity index (χ1n) is 11.7. The maximum atomic E-state index is 6.14. The molecule has 33 heavy (non-hydrogen) atoms. The molecule has 0 atom stereocenters. The predicted octanol–water partition coefficient (Wildman–Crippen LogP) is 3.99. The first kappa shape index (κ1) is 21.5. The van der Waals surface area contributed by atoms with E-state index in [0.717, 1.165) is 84.6 Å². The fourth-order valence-corrected chi connectivity index (χ4v) is 4.32. The van der Waals surface area contributed by atoms with Gasteiger partial charge in [0, 0.05) is 42.7 Å². The molecule has 4 aromatic rings. The molecule has 0 aliphatic carbocycles. The lowest BCUT2D eigenvalue weighted by Gasteiger charge is -2.32. The number of rotatable bonds is 9. The fourth-order valence-electron chi connectivity index (χ4n) is 4.32. The SMILES string of the molecule is NCCCNc1n[nH]c2cc(OCC3CCN(Nc4ccnc5ccccc45)CC3)ccc12. The van der Waals surface area contributed by atoms with E-state index in [1.165, 1.54) is 0 Å². The monoisotopic (exact) mass is 445 g/mol. The van der Waals surface area contributed by atoms with Gasteiger partial charge in [0.25, 0.3) is 0 Å². The lowest BCUT2D eigenvalue weighted by Crippen LogP contribution is -2.39. The zero-order valence-corrected chi connectivity index (χ0v) is 18.8. The number of hydrogen-bond donors (Lipinski definition) is 4. The molecule has 1 saturated heterocycles. The molecule has 0 unspecified atom stereocenters. The summed E-state index contributed by atoms with van der Waals surface area (Å²) in [4.78, 5) is 4.45. The van der Waals surface area contributed by atoms with Crippen LogP contribution in [0.3, 0.4) is 0 Å². The predicted molar refractivity (Wildman–Crippen MR) is 133 cm³/mol. The highest BCUT2D eigenvalue weighted by Crippen LogP contribution is 2.27. The highest BCUT2D eigenvalue weighted by molar-refractivity contribution is 5.91. The maximum absolute atomic E-state index is 6.14. The number of para-hydroxylation sites is 1. The number of hydrazine groups is 1. The summed E-state index contributed by atoms with van der Waals surface area (Å²) < 4.78 is 6.14. The van der Waals surface area contributed by atoms with Gasteiger partial charge < -0.3 is 21.2 Å². The highest BCUT2D eigenvalue weighted by Gasteiger charge is 2.20. The van der Waals surface area contributed by atoms with E-state index < -0.39 is 0 Å². The van der Waals surface area contributed by atoms with Crippen molar-refractivity contribution in [2.75, 3.05) is 43.5 Å². The third-order valence-corrected chi connectivity index (χ3v) is 6.24. The number of piperidine rings is 1. The standard InChI is InChI=1S/C25H31N7O/c26-11-3-12-28-25-21-7-6-19(16-24(21)29-30-25)33-17-18-9-14-32(15-10-18)31-23-8-13-27-22-5-2-1-4-20(22)23/h1-2,4-8,13,16,18H,3,9-12,14-15,17,26H2,(H,27,31)(H2,28,29,30). The molecular formula is C25H31N7O. The Morgan fingerprint density at radius 3 is 2.85 bits per heavy atom. The van der Waals surface area contributed by atoms with Crippen LogP contribution in [0, 0.1) is 5.92 Å². The number of anilines is 2. The summed E-state index contributed by atoms with van der Waals surface area (Å²) in [6.45, 7) is 4.19. The second-order valence-corrected chi connectivity index (χ2v) is 8.58. The van der Waals surface area contributed by atoms with Crippen molar-refractivity contribution in [1.29, 1.82) is 0 Å². The van der Waals surface area contributed by atoms with Gasteiger partial charge >= 0.3 is 0 Å². The molecule has 3 heterocycles. The van der Waals surface area contributed by atoms with Gasteiger partial charge in [-0.3, -0.25) is 10.1 Å². The van der Waals surface area contributed by atoms with Crippen molar-refractivity contribution in [1.82, 2.24) is 20.2 Å². The Labute approximate surface area is 193 Å². The van der Waals surface area contributed by atoms with E-state index in [2.05, 4.69) is 49.1 Å². The van der Waals surface area contributed by atoms with Crippen LogP contribution in [0.4, 0.5) is 11.5 Å². The Morgan fingerprint density at radius 2 is 1.97 bits per heavy atom. The molecule has 2 aromatic heterocycles. The summed E-state index contributed by atoms with van der Waals surface area (Å²) in [6.07, 6.45) is 4.97. The molecule has 1 aliphatic rings. The smallest absolute Gasteiger partial charge is 0.155 e. The van der Waals surface area contributed by atoms with Crippen molar-refractivity contribution in [2.24, 2.45) is 11.7 Å². The molecule has 0 amide bonds.